The maximum Gasteiger partial charge on any atom is 0.345 e. The first-order valence-corrected chi connectivity index (χ1v) is 5.03. The van der Waals surface area contributed by atoms with E-state index in [-0.39, 0.29) is 16.0 Å². The highest BCUT2D eigenvalue weighted by atomic mass is 32.1. The number of nitrogens with zero attached hydrogens (tertiary/aromatic N) is 2. The highest BCUT2D eigenvalue weighted by Crippen LogP contribution is 2.25. The smallest absolute Gasteiger partial charge is 0.345 e. The average Bonchev–Trinajstić information content (AvgIpc) is 2.87. The Labute approximate surface area is 93.3 Å². The third-order valence-electron chi connectivity index (χ3n) is 1.74. The quantitative estimate of drug-likeness (QED) is 0.626. The SMILES string of the molecule is O=C(Nc1ncc([N+](=O)[O-])s1)c1ccc[nH]1. The van der Waals surface area contributed by atoms with Crippen molar-refractivity contribution in [3.05, 3.63) is 40.3 Å². The summed E-state index contributed by atoms with van der Waals surface area (Å²) in [5.74, 6) is -0.380. The zero-order valence-electron chi connectivity index (χ0n) is 7.84. The normalized spacial score (nSPS) is 10.0. The maximum absolute atomic E-state index is 11.5. The second-order valence-corrected chi connectivity index (χ2v) is 3.81. The van der Waals surface area contributed by atoms with Gasteiger partial charge in [-0.15, -0.1) is 0 Å². The molecule has 7 nitrogen and oxygen atoms in total. The summed E-state index contributed by atoms with van der Waals surface area (Å²) >= 11 is 0.811. The van der Waals surface area contributed by atoms with Crippen molar-refractivity contribution in [3.63, 3.8) is 0 Å². The number of carbonyl (C=O) groups excluding carboxylic acids is 1. The van der Waals surface area contributed by atoms with Crippen molar-refractivity contribution in [1.82, 2.24) is 9.97 Å². The second-order valence-electron chi connectivity index (χ2n) is 2.80. The summed E-state index contributed by atoms with van der Waals surface area (Å²) in [7, 11) is 0. The summed E-state index contributed by atoms with van der Waals surface area (Å²) in [6, 6.07) is 3.27. The highest BCUT2D eigenvalue weighted by molar-refractivity contribution is 7.18. The minimum atomic E-state index is -0.554. The number of anilines is 1. The molecule has 2 N–H and O–H groups in total. The van der Waals surface area contributed by atoms with Crippen LogP contribution in [-0.4, -0.2) is 20.8 Å². The monoisotopic (exact) mass is 238 g/mol. The van der Waals surface area contributed by atoms with Crippen LogP contribution in [0.2, 0.25) is 0 Å². The number of rotatable bonds is 3. The molecule has 2 aromatic heterocycles. The Morgan fingerprint density at radius 1 is 1.62 bits per heavy atom. The van der Waals surface area contributed by atoms with Gasteiger partial charge < -0.3 is 4.98 Å². The fraction of sp³-hybridized carbons (Fsp3) is 0. The van der Waals surface area contributed by atoms with E-state index < -0.39 is 4.92 Å². The molecular formula is C8H6N4O3S. The predicted octanol–water partition coefficient (Wildman–Crippen LogP) is 1.63. The Morgan fingerprint density at radius 3 is 3.00 bits per heavy atom. The van der Waals surface area contributed by atoms with Gasteiger partial charge in [-0.25, -0.2) is 4.98 Å². The summed E-state index contributed by atoms with van der Waals surface area (Å²) in [6.45, 7) is 0. The predicted molar refractivity (Wildman–Crippen MR) is 57.5 cm³/mol. The van der Waals surface area contributed by atoms with Gasteiger partial charge >= 0.3 is 5.00 Å². The summed E-state index contributed by atoms with van der Waals surface area (Å²) in [5, 5.41) is 12.9. The Bertz CT molecular complexity index is 519. The van der Waals surface area contributed by atoms with E-state index >= 15 is 0 Å². The average molecular weight is 238 g/mol. The van der Waals surface area contributed by atoms with Crippen LogP contribution >= 0.6 is 11.3 Å². The summed E-state index contributed by atoms with van der Waals surface area (Å²) in [5.41, 5.74) is 0.373. The van der Waals surface area contributed by atoms with Crippen LogP contribution in [0.25, 0.3) is 0 Å². The molecule has 0 atom stereocenters. The third-order valence-corrected chi connectivity index (χ3v) is 2.60. The molecular weight excluding hydrogens is 232 g/mol. The van der Waals surface area contributed by atoms with Gasteiger partial charge in [-0.3, -0.25) is 20.2 Å². The molecule has 0 saturated carbocycles. The van der Waals surface area contributed by atoms with Gasteiger partial charge in [0.05, 0.1) is 4.92 Å². The number of amides is 1. The number of nitro groups is 1. The number of aromatic amines is 1. The zero-order chi connectivity index (χ0) is 11.5. The highest BCUT2D eigenvalue weighted by Gasteiger charge is 2.14. The lowest BCUT2D eigenvalue weighted by Crippen LogP contribution is -2.11. The summed E-state index contributed by atoms with van der Waals surface area (Å²) in [6.07, 6.45) is 2.72. The zero-order valence-corrected chi connectivity index (χ0v) is 8.65. The fourth-order valence-corrected chi connectivity index (χ4v) is 1.67. The number of H-pyrrole nitrogens is 1. The van der Waals surface area contributed by atoms with E-state index in [9.17, 15) is 14.9 Å². The lowest BCUT2D eigenvalue weighted by molar-refractivity contribution is -0.380. The van der Waals surface area contributed by atoms with Crippen molar-refractivity contribution < 1.29 is 9.72 Å². The number of thiazole rings is 1. The maximum atomic E-state index is 11.5. The number of carbonyl (C=O) groups is 1. The molecule has 8 heteroatoms. The van der Waals surface area contributed by atoms with Crippen molar-refractivity contribution in [2.45, 2.75) is 0 Å². The molecule has 0 aliphatic heterocycles. The van der Waals surface area contributed by atoms with Crippen LogP contribution in [-0.2, 0) is 0 Å². The first-order chi connectivity index (χ1) is 7.66. The first kappa shape index (κ1) is 10.3. The van der Waals surface area contributed by atoms with Crippen LogP contribution in [0.5, 0.6) is 0 Å². The Morgan fingerprint density at radius 2 is 2.44 bits per heavy atom. The van der Waals surface area contributed by atoms with Crippen molar-refractivity contribution in [3.8, 4) is 0 Å². The molecule has 0 aliphatic carbocycles. The summed E-state index contributed by atoms with van der Waals surface area (Å²) < 4.78 is 0. The molecule has 0 saturated heterocycles. The van der Waals surface area contributed by atoms with E-state index in [1.165, 1.54) is 0 Å². The lowest BCUT2D eigenvalue weighted by Gasteiger charge is -1.96. The number of hydrogen-bond donors (Lipinski definition) is 2. The minimum absolute atomic E-state index is 0.109. The molecule has 0 spiro atoms. The van der Waals surface area contributed by atoms with Gasteiger partial charge in [-0.05, 0) is 23.5 Å². The van der Waals surface area contributed by atoms with Gasteiger partial charge in [0.2, 0.25) is 0 Å². The number of aromatic nitrogens is 2. The molecule has 2 heterocycles. The molecule has 0 aliphatic rings. The summed E-state index contributed by atoms with van der Waals surface area (Å²) in [4.78, 5) is 27.8. The van der Waals surface area contributed by atoms with Gasteiger partial charge in [0, 0.05) is 6.20 Å². The van der Waals surface area contributed by atoms with Gasteiger partial charge in [0.15, 0.2) is 5.13 Å². The van der Waals surface area contributed by atoms with Crippen molar-refractivity contribution in [2.75, 3.05) is 5.32 Å². The van der Waals surface area contributed by atoms with Crippen molar-refractivity contribution >= 4 is 27.4 Å². The number of nitrogens with one attached hydrogen (secondary N) is 2. The third kappa shape index (κ3) is 2.06. The Kier molecular flexibility index (Phi) is 2.64. The molecule has 0 aromatic carbocycles. The van der Waals surface area contributed by atoms with E-state index in [0.29, 0.717) is 5.69 Å². The van der Waals surface area contributed by atoms with Gasteiger partial charge in [-0.1, -0.05) is 0 Å². The largest absolute Gasteiger partial charge is 0.357 e. The fourth-order valence-electron chi connectivity index (χ4n) is 1.04. The Balaban J connectivity index is 2.09. The van der Waals surface area contributed by atoms with Gasteiger partial charge in [0.1, 0.15) is 11.9 Å². The van der Waals surface area contributed by atoms with Crippen LogP contribution in [0, 0.1) is 10.1 Å². The lowest BCUT2D eigenvalue weighted by atomic mass is 10.4. The molecule has 0 radical (unpaired) electrons. The molecule has 0 bridgehead atoms. The molecule has 16 heavy (non-hydrogen) atoms. The van der Waals surface area contributed by atoms with Crippen LogP contribution in [0.1, 0.15) is 10.5 Å². The van der Waals surface area contributed by atoms with Crippen molar-refractivity contribution in [2.24, 2.45) is 0 Å². The van der Waals surface area contributed by atoms with Crippen LogP contribution in [0.3, 0.4) is 0 Å². The molecule has 1 amide bonds. The second kappa shape index (κ2) is 4.11. The topological polar surface area (TPSA) is 101 Å². The molecule has 82 valence electrons. The van der Waals surface area contributed by atoms with Crippen LogP contribution in [0.4, 0.5) is 10.1 Å². The van der Waals surface area contributed by atoms with Gasteiger partial charge in [0.25, 0.3) is 5.91 Å². The first-order valence-electron chi connectivity index (χ1n) is 4.22. The molecule has 0 unspecified atom stereocenters. The van der Waals surface area contributed by atoms with Crippen molar-refractivity contribution in [1.29, 1.82) is 0 Å². The minimum Gasteiger partial charge on any atom is -0.357 e. The Hall–Kier alpha value is -2.22. The van der Waals surface area contributed by atoms with E-state index in [1.807, 2.05) is 0 Å². The van der Waals surface area contributed by atoms with Gasteiger partial charge in [-0.2, -0.15) is 0 Å². The van der Waals surface area contributed by atoms with E-state index in [1.54, 1.807) is 18.3 Å². The molecule has 0 fully saturated rings. The van der Waals surface area contributed by atoms with E-state index in [2.05, 4.69) is 15.3 Å². The van der Waals surface area contributed by atoms with E-state index in [4.69, 9.17) is 0 Å². The number of hydrogen-bond acceptors (Lipinski definition) is 5. The van der Waals surface area contributed by atoms with Crippen LogP contribution < -0.4 is 5.32 Å². The standard InChI is InChI=1S/C8H6N4O3S/c13-7(5-2-1-3-9-5)11-8-10-4-6(16-8)12(14)15/h1-4,9H,(H,10,11,13). The van der Waals surface area contributed by atoms with Crippen LogP contribution in [0.15, 0.2) is 24.5 Å². The van der Waals surface area contributed by atoms with E-state index in [0.717, 1.165) is 17.5 Å². The molecule has 2 rings (SSSR count). The molecule has 2 aromatic rings.